The maximum Gasteiger partial charge on any atom is 0.417 e. The average Bonchev–Trinajstić information content (AvgIpc) is 3.29. The molecule has 1 unspecified atom stereocenters. The predicted molar refractivity (Wildman–Crippen MR) is 110 cm³/mol. The fourth-order valence-electron chi connectivity index (χ4n) is 3.11. The van der Waals surface area contributed by atoms with Crippen molar-refractivity contribution in [1.29, 1.82) is 0 Å². The summed E-state index contributed by atoms with van der Waals surface area (Å²) in [7, 11) is 1.70. The average molecular weight is 447 g/mol. The molecular weight excluding hydrogens is 425 g/mol. The maximum atomic E-state index is 12.8. The molecule has 0 amide bonds. The van der Waals surface area contributed by atoms with Gasteiger partial charge in [0.15, 0.2) is 5.96 Å². The fraction of sp³-hybridized carbons (Fsp3) is 0.500. The van der Waals surface area contributed by atoms with Gasteiger partial charge in [0.05, 0.1) is 21.3 Å². The van der Waals surface area contributed by atoms with E-state index in [-0.39, 0.29) is 11.1 Å². The summed E-state index contributed by atoms with van der Waals surface area (Å²) in [5.41, 5.74) is 0.200. The van der Waals surface area contributed by atoms with Gasteiger partial charge in [-0.3, -0.25) is 4.99 Å². The van der Waals surface area contributed by atoms with Crippen LogP contribution in [0.5, 0.6) is 0 Å². The Bertz CT molecular complexity index is 870. The van der Waals surface area contributed by atoms with Gasteiger partial charge in [-0.05, 0) is 19.4 Å². The zero-order chi connectivity index (χ0) is 21.0. The minimum Gasteiger partial charge on any atom is -0.356 e. The lowest BCUT2D eigenvalue weighted by molar-refractivity contribution is -0.137. The summed E-state index contributed by atoms with van der Waals surface area (Å²) in [6.45, 7) is 3.90. The SMILES string of the molecule is CN=C(NCCc1csc(C)n1)NC1CCN(c2ncc(C(F)(F)F)cc2Cl)C1. The smallest absolute Gasteiger partial charge is 0.356 e. The molecule has 3 rings (SSSR count). The number of halogens is 4. The van der Waals surface area contributed by atoms with Crippen LogP contribution in [-0.2, 0) is 12.6 Å². The van der Waals surface area contributed by atoms with Crippen molar-refractivity contribution in [2.24, 2.45) is 4.99 Å². The lowest BCUT2D eigenvalue weighted by Crippen LogP contribution is -2.45. The number of pyridine rings is 1. The number of rotatable bonds is 5. The van der Waals surface area contributed by atoms with Crippen molar-refractivity contribution in [3.05, 3.63) is 38.9 Å². The highest BCUT2D eigenvalue weighted by atomic mass is 35.5. The zero-order valence-electron chi connectivity index (χ0n) is 16.1. The second kappa shape index (κ2) is 9.17. The van der Waals surface area contributed by atoms with Crippen LogP contribution in [0.25, 0.3) is 0 Å². The Balaban J connectivity index is 1.52. The van der Waals surface area contributed by atoms with Crippen molar-refractivity contribution in [3.8, 4) is 0 Å². The van der Waals surface area contributed by atoms with E-state index in [4.69, 9.17) is 11.6 Å². The van der Waals surface area contributed by atoms with Crippen LogP contribution in [0.1, 0.15) is 22.7 Å². The lowest BCUT2D eigenvalue weighted by Gasteiger charge is -2.21. The number of nitrogens with one attached hydrogen (secondary N) is 2. The van der Waals surface area contributed by atoms with E-state index in [1.807, 2.05) is 17.2 Å². The topological polar surface area (TPSA) is 65.4 Å². The molecule has 0 saturated carbocycles. The number of aryl methyl sites for hydroxylation is 1. The summed E-state index contributed by atoms with van der Waals surface area (Å²) in [6.07, 6.45) is -2.04. The number of thiazole rings is 1. The molecular formula is C18H22ClF3N6S. The molecule has 2 aromatic heterocycles. The highest BCUT2D eigenvalue weighted by Crippen LogP contribution is 2.34. The van der Waals surface area contributed by atoms with E-state index in [1.54, 1.807) is 18.4 Å². The number of nitrogens with zero attached hydrogens (tertiary/aromatic N) is 4. The van der Waals surface area contributed by atoms with Gasteiger partial charge in [-0.25, -0.2) is 9.97 Å². The largest absolute Gasteiger partial charge is 0.417 e. The maximum absolute atomic E-state index is 12.8. The van der Waals surface area contributed by atoms with Gasteiger partial charge in [0.1, 0.15) is 5.82 Å². The van der Waals surface area contributed by atoms with Crippen LogP contribution in [-0.4, -0.2) is 48.7 Å². The van der Waals surface area contributed by atoms with Crippen LogP contribution in [0.15, 0.2) is 22.6 Å². The Kier molecular flexibility index (Phi) is 6.84. The molecule has 0 radical (unpaired) electrons. The zero-order valence-corrected chi connectivity index (χ0v) is 17.6. The Morgan fingerprint density at radius 2 is 2.24 bits per heavy atom. The molecule has 2 aromatic rings. The first-order chi connectivity index (χ1) is 13.8. The number of alkyl halides is 3. The van der Waals surface area contributed by atoms with Crippen molar-refractivity contribution < 1.29 is 13.2 Å². The third-order valence-corrected chi connectivity index (χ3v) is 5.64. The molecule has 0 aliphatic carbocycles. The van der Waals surface area contributed by atoms with Gasteiger partial charge in [-0.2, -0.15) is 13.2 Å². The number of aromatic nitrogens is 2. The Labute approximate surface area is 176 Å². The summed E-state index contributed by atoms with van der Waals surface area (Å²) in [6, 6.07) is 1.01. The van der Waals surface area contributed by atoms with Gasteiger partial charge >= 0.3 is 6.18 Å². The first-order valence-corrected chi connectivity index (χ1v) is 10.4. The molecule has 0 aromatic carbocycles. The number of hydrogen-bond donors (Lipinski definition) is 2. The molecule has 29 heavy (non-hydrogen) atoms. The van der Waals surface area contributed by atoms with Crippen LogP contribution >= 0.6 is 22.9 Å². The van der Waals surface area contributed by atoms with Crippen LogP contribution < -0.4 is 15.5 Å². The van der Waals surface area contributed by atoms with E-state index in [0.29, 0.717) is 31.4 Å². The molecule has 0 bridgehead atoms. The van der Waals surface area contributed by atoms with Crippen molar-refractivity contribution in [2.45, 2.75) is 32.0 Å². The molecule has 2 N–H and O–H groups in total. The molecule has 1 atom stereocenters. The summed E-state index contributed by atoms with van der Waals surface area (Å²) in [5.74, 6) is 1.04. The van der Waals surface area contributed by atoms with Crippen molar-refractivity contribution in [1.82, 2.24) is 20.6 Å². The number of anilines is 1. The minimum atomic E-state index is -4.46. The van der Waals surface area contributed by atoms with E-state index in [9.17, 15) is 13.2 Å². The molecule has 11 heteroatoms. The first-order valence-electron chi connectivity index (χ1n) is 9.12. The van der Waals surface area contributed by atoms with Gasteiger partial charge in [-0.15, -0.1) is 11.3 Å². The highest BCUT2D eigenvalue weighted by Gasteiger charge is 2.33. The quantitative estimate of drug-likeness (QED) is 0.543. The number of aliphatic imine (C=N–C) groups is 1. The summed E-state index contributed by atoms with van der Waals surface area (Å²) in [4.78, 5) is 14.5. The van der Waals surface area contributed by atoms with Crippen molar-refractivity contribution >= 4 is 34.7 Å². The third-order valence-electron chi connectivity index (χ3n) is 4.54. The molecule has 1 aliphatic rings. The Morgan fingerprint density at radius 1 is 1.45 bits per heavy atom. The lowest BCUT2D eigenvalue weighted by atomic mass is 10.2. The number of guanidine groups is 1. The molecule has 6 nitrogen and oxygen atoms in total. The van der Waals surface area contributed by atoms with E-state index < -0.39 is 11.7 Å². The van der Waals surface area contributed by atoms with Crippen molar-refractivity contribution in [3.63, 3.8) is 0 Å². The van der Waals surface area contributed by atoms with E-state index in [2.05, 4.69) is 25.6 Å². The molecule has 158 valence electrons. The van der Waals surface area contributed by atoms with Gasteiger partial charge in [0, 0.05) is 50.7 Å². The molecule has 1 saturated heterocycles. The Hall–Kier alpha value is -2.07. The van der Waals surface area contributed by atoms with E-state index >= 15 is 0 Å². The molecule has 3 heterocycles. The van der Waals surface area contributed by atoms with Crippen LogP contribution in [0.3, 0.4) is 0 Å². The Morgan fingerprint density at radius 3 is 2.86 bits per heavy atom. The monoisotopic (exact) mass is 446 g/mol. The standard InChI is InChI=1S/C18H22ClF3N6S/c1-11-26-14(10-29-11)3-5-24-17(23-2)27-13-4-6-28(9-13)16-15(19)7-12(8-25-16)18(20,21)22/h7-8,10,13H,3-6,9H2,1-2H3,(H2,23,24,27). The van der Waals surface area contributed by atoms with E-state index in [0.717, 1.165) is 35.8 Å². The predicted octanol–water partition coefficient (Wildman–Crippen LogP) is 3.51. The summed E-state index contributed by atoms with van der Waals surface area (Å²) in [5, 5.41) is 9.69. The van der Waals surface area contributed by atoms with Gasteiger partial charge < -0.3 is 15.5 Å². The highest BCUT2D eigenvalue weighted by molar-refractivity contribution is 7.09. The normalized spacial score (nSPS) is 17.7. The van der Waals surface area contributed by atoms with Gasteiger partial charge in [0.2, 0.25) is 0 Å². The molecule has 1 fully saturated rings. The van der Waals surface area contributed by atoms with E-state index in [1.165, 1.54) is 0 Å². The molecule has 0 spiro atoms. The second-order valence-electron chi connectivity index (χ2n) is 6.71. The van der Waals surface area contributed by atoms with Crippen LogP contribution in [0.2, 0.25) is 5.02 Å². The fourth-order valence-corrected chi connectivity index (χ4v) is 4.04. The number of hydrogen-bond acceptors (Lipinski definition) is 5. The van der Waals surface area contributed by atoms with Crippen LogP contribution in [0.4, 0.5) is 19.0 Å². The summed E-state index contributed by atoms with van der Waals surface area (Å²) >= 11 is 7.69. The minimum absolute atomic E-state index is 0.00142. The third kappa shape index (κ3) is 5.72. The second-order valence-corrected chi connectivity index (χ2v) is 8.18. The molecule has 1 aliphatic heterocycles. The van der Waals surface area contributed by atoms with Crippen molar-refractivity contribution in [2.75, 3.05) is 31.6 Å². The van der Waals surface area contributed by atoms with Crippen LogP contribution in [0, 0.1) is 6.92 Å². The summed E-state index contributed by atoms with van der Waals surface area (Å²) < 4.78 is 38.4. The van der Waals surface area contributed by atoms with Gasteiger partial charge in [0.25, 0.3) is 0 Å². The van der Waals surface area contributed by atoms with Gasteiger partial charge in [-0.1, -0.05) is 11.6 Å². The first kappa shape index (κ1) is 21.6.